The first-order valence-electron chi connectivity index (χ1n) is 13.1. The van der Waals surface area contributed by atoms with Gasteiger partial charge >= 0.3 is 0 Å². The Balaban J connectivity index is 1.55. The van der Waals surface area contributed by atoms with E-state index >= 15 is 0 Å². The Labute approximate surface area is 218 Å². The van der Waals surface area contributed by atoms with E-state index in [0.29, 0.717) is 0 Å². The molecule has 7 aromatic carbocycles. The van der Waals surface area contributed by atoms with Gasteiger partial charge in [-0.05, 0) is 57.3 Å². The molecule has 0 bridgehead atoms. The van der Waals surface area contributed by atoms with Crippen LogP contribution in [0.1, 0.15) is 0 Å². The van der Waals surface area contributed by atoms with Crippen molar-refractivity contribution in [3.8, 4) is 5.69 Å². The van der Waals surface area contributed by atoms with Gasteiger partial charge in [0.1, 0.15) is 0 Å². The van der Waals surface area contributed by atoms with Crippen LogP contribution in [0.25, 0.3) is 81.6 Å². The highest BCUT2D eigenvalue weighted by atomic mass is 15.0. The normalized spacial score (nSPS) is 12.2. The van der Waals surface area contributed by atoms with Crippen molar-refractivity contribution >= 4 is 75.9 Å². The van der Waals surface area contributed by atoms with Gasteiger partial charge in [0, 0.05) is 38.0 Å². The summed E-state index contributed by atoms with van der Waals surface area (Å²) in [4.78, 5) is 3.65. The molecule has 0 aliphatic carbocycles. The number of aromatic amines is 1. The lowest BCUT2D eigenvalue weighted by Crippen LogP contribution is -1.96. The molecule has 0 aliphatic rings. The minimum Gasteiger partial charge on any atom is -0.354 e. The van der Waals surface area contributed by atoms with Gasteiger partial charge in [-0.25, -0.2) is 0 Å². The molecule has 0 saturated heterocycles. The van der Waals surface area contributed by atoms with Crippen molar-refractivity contribution in [3.63, 3.8) is 0 Å². The van der Waals surface area contributed by atoms with Crippen LogP contribution in [0, 0.1) is 0 Å². The van der Waals surface area contributed by atoms with Gasteiger partial charge in [-0.2, -0.15) is 0 Å². The predicted octanol–water partition coefficient (Wildman–Crippen LogP) is 9.88. The van der Waals surface area contributed by atoms with Crippen molar-refractivity contribution in [2.75, 3.05) is 0 Å². The number of nitrogens with zero attached hydrogens (tertiary/aromatic N) is 1. The minimum absolute atomic E-state index is 1.18. The number of aromatic nitrogens is 2. The summed E-state index contributed by atoms with van der Waals surface area (Å²) in [6.45, 7) is 0. The van der Waals surface area contributed by atoms with Crippen LogP contribution in [-0.2, 0) is 0 Å². The smallest absolute Gasteiger partial charge is 0.0549 e. The molecule has 9 aromatic rings. The zero-order chi connectivity index (χ0) is 24.8. The van der Waals surface area contributed by atoms with E-state index in [1.807, 2.05) is 0 Å². The van der Waals surface area contributed by atoms with Crippen LogP contribution in [0.5, 0.6) is 0 Å². The number of fused-ring (bicyclic) bond motifs is 13. The SMILES string of the molecule is c1ccc2c(c1)[nH]c1ccc3c(c4ccccc4n3-c3cccc4c5ccccc5c5ccccc5c34)c12. The summed E-state index contributed by atoms with van der Waals surface area (Å²) in [6.07, 6.45) is 0. The van der Waals surface area contributed by atoms with Crippen molar-refractivity contribution < 1.29 is 0 Å². The van der Waals surface area contributed by atoms with Gasteiger partial charge in [-0.1, -0.05) is 97.1 Å². The zero-order valence-electron chi connectivity index (χ0n) is 20.6. The molecule has 2 nitrogen and oxygen atoms in total. The van der Waals surface area contributed by atoms with Gasteiger partial charge in [-0.3, -0.25) is 0 Å². The first kappa shape index (κ1) is 20.0. The molecule has 9 rings (SSSR count). The van der Waals surface area contributed by atoms with Crippen molar-refractivity contribution in [1.29, 1.82) is 0 Å². The summed E-state index contributed by atoms with van der Waals surface area (Å²) in [5, 5.41) is 12.9. The maximum atomic E-state index is 3.65. The molecule has 38 heavy (non-hydrogen) atoms. The van der Waals surface area contributed by atoms with Crippen molar-refractivity contribution in [2.24, 2.45) is 0 Å². The lowest BCUT2D eigenvalue weighted by atomic mass is 9.93. The maximum Gasteiger partial charge on any atom is 0.0549 e. The van der Waals surface area contributed by atoms with Gasteiger partial charge in [-0.15, -0.1) is 0 Å². The lowest BCUT2D eigenvalue weighted by molar-refractivity contribution is 1.20. The van der Waals surface area contributed by atoms with Crippen molar-refractivity contribution in [2.45, 2.75) is 0 Å². The van der Waals surface area contributed by atoms with E-state index in [2.05, 4.69) is 137 Å². The van der Waals surface area contributed by atoms with Crippen LogP contribution in [-0.4, -0.2) is 9.55 Å². The Morgan fingerprint density at radius 2 is 0.921 bits per heavy atom. The van der Waals surface area contributed by atoms with Crippen LogP contribution in [0.15, 0.2) is 127 Å². The molecule has 1 N–H and O–H groups in total. The second kappa shape index (κ2) is 7.24. The molecule has 176 valence electrons. The van der Waals surface area contributed by atoms with E-state index in [0.717, 1.165) is 0 Å². The standard InChI is InChI=1S/C36H22N2/c1-2-11-24-22(10-1)23-12-3-4-13-25(23)34-26(24)16-9-19-32(34)38-31-18-8-6-15-28(31)36-33(38)21-20-30-35(36)27-14-5-7-17-29(27)37-30/h1-21,37H. The Bertz CT molecular complexity index is 2360. The maximum absolute atomic E-state index is 3.65. The van der Waals surface area contributed by atoms with E-state index < -0.39 is 0 Å². The summed E-state index contributed by atoms with van der Waals surface area (Å²) in [6, 6.07) is 46.4. The molecule has 0 fully saturated rings. The van der Waals surface area contributed by atoms with Gasteiger partial charge in [0.05, 0.1) is 16.7 Å². The number of hydrogen-bond donors (Lipinski definition) is 1. The number of rotatable bonds is 1. The van der Waals surface area contributed by atoms with Crippen LogP contribution in [0.3, 0.4) is 0 Å². The molecule has 0 spiro atoms. The topological polar surface area (TPSA) is 20.7 Å². The molecule has 0 radical (unpaired) electrons. The average molecular weight is 483 g/mol. The van der Waals surface area contributed by atoms with E-state index in [1.54, 1.807) is 0 Å². The summed E-state index contributed by atoms with van der Waals surface area (Å²) in [5.41, 5.74) is 6.03. The predicted molar refractivity (Wildman–Crippen MR) is 163 cm³/mol. The number of H-pyrrole nitrogens is 1. The zero-order valence-corrected chi connectivity index (χ0v) is 20.6. The summed E-state index contributed by atoms with van der Waals surface area (Å²) in [5.74, 6) is 0. The van der Waals surface area contributed by atoms with Gasteiger partial charge in [0.25, 0.3) is 0 Å². The fourth-order valence-corrected chi connectivity index (χ4v) is 6.78. The third kappa shape index (κ3) is 2.47. The Kier molecular flexibility index (Phi) is 3.82. The second-order valence-electron chi connectivity index (χ2n) is 10.2. The van der Waals surface area contributed by atoms with Gasteiger partial charge < -0.3 is 9.55 Å². The number of nitrogens with one attached hydrogen (secondary N) is 1. The molecule has 0 saturated carbocycles. The van der Waals surface area contributed by atoms with Crippen LogP contribution in [0.4, 0.5) is 0 Å². The fraction of sp³-hybridized carbons (Fsp3) is 0. The highest BCUT2D eigenvalue weighted by Crippen LogP contribution is 2.43. The summed E-state index contributed by atoms with van der Waals surface area (Å²) >= 11 is 0. The first-order valence-corrected chi connectivity index (χ1v) is 13.1. The monoisotopic (exact) mass is 482 g/mol. The summed E-state index contributed by atoms with van der Waals surface area (Å²) in [7, 11) is 0. The quantitative estimate of drug-likeness (QED) is 0.225. The molecule has 2 heteroatoms. The molecule has 2 aromatic heterocycles. The number of hydrogen-bond acceptors (Lipinski definition) is 0. The van der Waals surface area contributed by atoms with Crippen LogP contribution < -0.4 is 0 Å². The van der Waals surface area contributed by atoms with Gasteiger partial charge in [0.2, 0.25) is 0 Å². The van der Waals surface area contributed by atoms with E-state index in [1.165, 1.54) is 81.6 Å². The van der Waals surface area contributed by atoms with Crippen molar-refractivity contribution in [3.05, 3.63) is 127 Å². The minimum atomic E-state index is 1.18. The van der Waals surface area contributed by atoms with Crippen molar-refractivity contribution in [1.82, 2.24) is 9.55 Å². The Morgan fingerprint density at radius 3 is 1.68 bits per heavy atom. The third-order valence-corrected chi connectivity index (χ3v) is 8.29. The average Bonchev–Trinajstić information content (AvgIpc) is 3.52. The van der Waals surface area contributed by atoms with E-state index in [4.69, 9.17) is 0 Å². The Morgan fingerprint density at radius 1 is 0.342 bits per heavy atom. The largest absolute Gasteiger partial charge is 0.354 e. The van der Waals surface area contributed by atoms with Gasteiger partial charge in [0.15, 0.2) is 0 Å². The molecule has 0 unspecified atom stereocenters. The molecular formula is C36H22N2. The van der Waals surface area contributed by atoms with Crippen LogP contribution in [0.2, 0.25) is 0 Å². The highest BCUT2D eigenvalue weighted by Gasteiger charge is 2.19. The Hall–Kier alpha value is -5.08. The first-order chi connectivity index (χ1) is 18.9. The summed E-state index contributed by atoms with van der Waals surface area (Å²) < 4.78 is 2.48. The number of benzene rings is 7. The molecule has 0 atom stereocenters. The molecule has 0 aliphatic heterocycles. The van der Waals surface area contributed by atoms with Crippen LogP contribution >= 0.6 is 0 Å². The highest BCUT2D eigenvalue weighted by molar-refractivity contribution is 6.30. The molecule has 2 heterocycles. The second-order valence-corrected chi connectivity index (χ2v) is 10.2. The number of para-hydroxylation sites is 2. The van der Waals surface area contributed by atoms with E-state index in [-0.39, 0.29) is 0 Å². The fourth-order valence-electron chi connectivity index (χ4n) is 6.78. The lowest BCUT2D eigenvalue weighted by Gasteiger charge is -2.16. The molecular weight excluding hydrogens is 460 g/mol. The molecule has 0 amide bonds. The van der Waals surface area contributed by atoms with E-state index in [9.17, 15) is 0 Å². The third-order valence-electron chi connectivity index (χ3n) is 8.29.